The fourth-order valence-corrected chi connectivity index (χ4v) is 1.21. The number of ether oxygens (including phenoxy) is 3. The number of esters is 3. The maximum absolute atomic E-state index is 11.4. The highest BCUT2D eigenvalue weighted by molar-refractivity contribution is 5.92. The summed E-state index contributed by atoms with van der Waals surface area (Å²) in [6, 6.07) is 6.10. The molecule has 1 aromatic rings. The molecule has 0 atom stereocenters. The number of carbonyl (C=O) groups is 4. The van der Waals surface area contributed by atoms with Gasteiger partial charge in [-0.25, -0.2) is 14.4 Å². The van der Waals surface area contributed by atoms with Crippen LogP contribution in [-0.2, 0) is 23.9 Å². The van der Waals surface area contributed by atoms with Gasteiger partial charge in [-0.2, -0.15) is 0 Å². The lowest BCUT2D eigenvalue weighted by molar-refractivity contribution is -0.150. The van der Waals surface area contributed by atoms with E-state index >= 15 is 0 Å². The lowest BCUT2D eigenvalue weighted by Gasteiger charge is -2.06. The van der Waals surface area contributed by atoms with Gasteiger partial charge in [0.25, 0.3) is 0 Å². The van der Waals surface area contributed by atoms with E-state index in [-0.39, 0.29) is 11.3 Å². The summed E-state index contributed by atoms with van der Waals surface area (Å²) < 4.78 is 13.7. The highest BCUT2D eigenvalue weighted by Gasteiger charge is 2.10. The van der Waals surface area contributed by atoms with Gasteiger partial charge in [0.1, 0.15) is 5.75 Å². The summed E-state index contributed by atoms with van der Waals surface area (Å²) in [6.07, 6.45) is 2.21. The van der Waals surface area contributed by atoms with Gasteiger partial charge in [0.2, 0.25) is 0 Å². The molecule has 7 heteroatoms. The zero-order valence-electron chi connectivity index (χ0n) is 11.1. The van der Waals surface area contributed by atoms with Crippen molar-refractivity contribution in [3.05, 3.63) is 42.0 Å². The summed E-state index contributed by atoms with van der Waals surface area (Å²) in [5.74, 6) is -2.42. The highest BCUT2D eigenvalue weighted by atomic mass is 16.6. The molecule has 0 saturated heterocycles. The molecule has 0 aliphatic rings. The van der Waals surface area contributed by atoms with Crippen LogP contribution in [0.5, 0.6) is 5.75 Å². The van der Waals surface area contributed by atoms with E-state index in [9.17, 15) is 19.2 Å². The van der Waals surface area contributed by atoms with Gasteiger partial charge in [-0.15, -0.1) is 0 Å². The van der Waals surface area contributed by atoms with Gasteiger partial charge in [0.05, 0.1) is 12.7 Å². The van der Waals surface area contributed by atoms with E-state index in [1.54, 1.807) is 12.1 Å². The summed E-state index contributed by atoms with van der Waals surface area (Å²) in [6.45, 7) is -0.655. The Morgan fingerprint density at radius 2 is 1.76 bits per heavy atom. The van der Waals surface area contributed by atoms with E-state index < -0.39 is 24.5 Å². The molecule has 0 amide bonds. The van der Waals surface area contributed by atoms with E-state index in [1.165, 1.54) is 12.1 Å². The van der Waals surface area contributed by atoms with Gasteiger partial charge in [-0.1, -0.05) is 12.1 Å². The lowest BCUT2D eigenvalue weighted by atomic mass is 10.2. The van der Waals surface area contributed by atoms with E-state index in [0.29, 0.717) is 6.29 Å². The van der Waals surface area contributed by atoms with E-state index in [0.717, 1.165) is 19.3 Å². The van der Waals surface area contributed by atoms with Gasteiger partial charge in [0, 0.05) is 12.2 Å². The van der Waals surface area contributed by atoms with Crippen LogP contribution in [0, 0.1) is 0 Å². The third kappa shape index (κ3) is 5.68. The smallest absolute Gasteiger partial charge is 0.349 e. The molecular formula is C14H12O7. The van der Waals surface area contributed by atoms with Crippen molar-refractivity contribution >= 4 is 24.2 Å². The summed E-state index contributed by atoms with van der Waals surface area (Å²) in [4.78, 5) is 44.1. The van der Waals surface area contributed by atoms with Crippen molar-refractivity contribution in [3.63, 3.8) is 0 Å². The molecule has 0 spiro atoms. The molecule has 21 heavy (non-hydrogen) atoms. The Labute approximate surface area is 120 Å². The molecule has 0 aromatic heterocycles. The molecular weight excluding hydrogens is 280 g/mol. The minimum Gasteiger partial charge on any atom is -0.466 e. The fraction of sp³-hybridized carbons (Fsp3) is 0.143. The molecule has 0 aliphatic heterocycles. The minimum absolute atomic E-state index is 0.0682. The van der Waals surface area contributed by atoms with Crippen LogP contribution in [0.25, 0.3) is 0 Å². The third-order valence-electron chi connectivity index (χ3n) is 2.16. The van der Waals surface area contributed by atoms with E-state index in [2.05, 4.69) is 9.47 Å². The standard InChI is InChI=1S/C14H12O7/c1-19-12(16)6-7-13(17)20-9-14(18)21-11-5-3-2-4-10(11)8-15/h2-8H,9H2,1H3. The van der Waals surface area contributed by atoms with Crippen LogP contribution >= 0.6 is 0 Å². The normalized spacial score (nSPS) is 9.95. The van der Waals surface area contributed by atoms with Crippen LogP contribution in [0.1, 0.15) is 10.4 Å². The first-order valence-corrected chi connectivity index (χ1v) is 5.74. The average molecular weight is 292 g/mol. The molecule has 0 unspecified atom stereocenters. The molecule has 0 bridgehead atoms. The Balaban J connectivity index is 2.48. The second-order valence-electron chi connectivity index (χ2n) is 3.59. The molecule has 0 N–H and O–H groups in total. The van der Waals surface area contributed by atoms with Crippen LogP contribution in [-0.4, -0.2) is 37.9 Å². The van der Waals surface area contributed by atoms with Crippen LogP contribution in [0.2, 0.25) is 0 Å². The topological polar surface area (TPSA) is 96.0 Å². The Kier molecular flexibility index (Phi) is 6.33. The first-order chi connectivity index (χ1) is 10.1. The zero-order chi connectivity index (χ0) is 15.7. The van der Waals surface area contributed by atoms with E-state index in [1.807, 2.05) is 0 Å². The lowest BCUT2D eigenvalue weighted by Crippen LogP contribution is -2.18. The highest BCUT2D eigenvalue weighted by Crippen LogP contribution is 2.15. The van der Waals surface area contributed by atoms with Crippen molar-refractivity contribution in [1.29, 1.82) is 0 Å². The second kappa shape index (κ2) is 8.26. The van der Waals surface area contributed by atoms with Crippen molar-refractivity contribution in [2.75, 3.05) is 13.7 Å². The van der Waals surface area contributed by atoms with Crippen molar-refractivity contribution in [2.24, 2.45) is 0 Å². The summed E-state index contributed by atoms with van der Waals surface area (Å²) in [5, 5.41) is 0. The summed E-state index contributed by atoms with van der Waals surface area (Å²) in [5.41, 5.74) is 0.197. The van der Waals surface area contributed by atoms with Crippen LogP contribution in [0.15, 0.2) is 36.4 Å². The zero-order valence-corrected chi connectivity index (χ0v) is 11.1. The predicted molar refractivity (Wildman–Crippen MR) is 69.6 cm³/mol. The number of benzene rings is 1. The quantitative estimate of drug-likeness (QED) is 0.329. The molecule has 0 radical (unpaired) electrons. The monoisotopic (exact) mass is 292 g/mol. The van der Waals surface area contributed by atoms with E-state index in [4.69, 9.17) is 4.74 Å². The van der Waals surface area contributed by atoms with Gasteiger partial charge >= 0.3 is 17.9 Å². The molecule has 1 aromatic carbocycles. The van der Waals surface area contributed by atoms with Crippen LogP contribution < -0.4 is 4.74 Å². The first kappa shape index (κ1) is 16.1. The van der Waals surface area contributed by atoms with Gasteiger partial charge in [-0.05, 0) is 12.1 Å². The molecule has 1 rings (SSSR count). The third-order valence-corrected chi connectivity index (χ3v) is 2.16. The summed E-state index contributed by atoms with van der Waals surface area (Å²) in [7, 11) is 1.15. The van der Waals surface area contributed by atoms with Crippen LogP contribution in [0.3, 0.4) is 0 Å². The van der Waals surface area contributed by atoms with Gasteiger partial charge in [-0.3, -0.25) is 4.79 Å². The Hall–Kier alpha value is -2.96. The molecule has 110 valence electrons. The molecule has 0 saturated carbocycles. The van der Waals surface area contributed by atoms with Crippen LogP contribution in [0.4, 0.5) is 0 Å². The maximum Gasteiger partial charge on any atom is 0.349 e. The molecule has 0 fully saturated rings. The fourth-order valence-electron chi connectivity index (χ4n) is 1.21. The SMILES string of the molecule is COC(=O)C=CC(=O)OCC(=O)Oc1ccccc1C=O. The number of hydrogen-bond donors (Lipinski definition) is 0. The molecule has 7 nitrogen and oxygen atoms in total. The average Bonchev–Trinajstić information content (AvgIpc) is 2.51. The predicted octanol–water partition coefficient (Wildman–Crippen LogP) is 0.677. The Morgan fingerprint density at radius 3 is 2.43 bits per heavy atom. The number of carbonyl (C=O) groups excluding carboxylic acids is 4. The molecule has 0 heterocycles. The molecule has 0 aliphatic carbocycles. The van der Waals surface area contributed by atoms with Crippen molar-refractivity contribution < 1.29 is 33.4 Å². The second-order valence-corrected chi connectivity index (χ2v) is 3.59. The Bertz CT molecular complexity index is 574. The number of hydrogen-bond acceptors (Lipinski definition) is 7. The number of methoxy groups -OCH3 is 1. The van der Waals surface area contributed by atoms with Gasteiger partial charge < -0.3 is 14.2 Å². The van der Waals surface area contributed by atoms with Crippen molar-refractivity contribution in [2.45, 2.75) is 0 Å². The Morgan fingerprint density at radius 1 is 1.10 bits per heavy atom. The number of aldehydes is 1. The van der Waals surface area contributed by atoms with Crippen molar-refractivity contribution in [1.82, 2.24) is 0 Å². The van der Waals surface area contributed by atoms with Gasteiger partial charge in [0.15, 0.2) is 12.9 Å². The first-order valence-electron chi connectivity index (χ1n) is 5.74. The maximum atomic E-state index is 11.4. The largest absolute Gasteiger partial charge is 0.466 e. The summed E-state index contributed by atoms with van der Waals surface area (Å²) >= 11 is 0. The number of para-hydroxylation sites is 1. The number of rotatable bonds is 6. The minimum atomic E-state index is -0.902. The van der Waals surface area contributed by atoms with Crippen molar-refractivity contribution in [3.8, 4) is 5.75 Å².